The molecule has 2 unspecified atom stereocenters. The number of nitrogens with zero attached hydrogens (tertiary/aromatic N) is 1. The second-order valence-electron chi connectivity index (χ2n) is 9.02. The molecule has 1 amide bonds. The average Bonchev–Trinajstić information content (AvgIpc) is 3.05. The Morgan fingerprint density at radius 1 is 0.889 bits per heavy atom. The largest absolute Gasteiger partial charge is 0.467 e. The summed E-state index contributed by atoms with van der Waals surface area (Å²) in [5.74, 6) is 0.598. The number of benzene rings is 4. The summed E-state index contributed by atoms with van der Waals surface area (Å²) < 4.78 is 8.01. The summed E-state index contributed by atoms with van der Waals surface area (Å²) in [6, 6.07) is 36.6. The minimum atomic E-state index is -0.993. The Morgan fingerprint density at radius 2 is 1.58 bits per heavy atom. The van der Waals surface area contributed by atoms with Gasteiger partial charge in [-0.2, -0.15) is 0 Å². The number of para-hydroxylation sites is 1. The Bertz CT molecular complexity index is 1470. The van der Waals surface area contributed by atoms with Gasteiger partial charge in [0.15, 0.2) is 0 Å². The third kappa shape index (κ3) is 3.87. The summed E-state index contributed by atoms with van der Waals surface area (Å²) in [6.07, 6.45) is 0.595. The smallest absolute Gasteiger partial charge is 0.265 e. The van der Waals surface area contributed by atoms with Gasteiger partial charge in [-0.1, -0.05) is 101 Å². The molecule has 4 aromatic carbocycles. The van der Waals surface area contributed by atoms with Gasteiger partial charge in [0.2, 0.25) is 5.72 Å². The number of rotatable bonds is 3. The van der Waals surface area contributed by atoms with Crippen molar-refractivity contribution in [2.75, 3.05) is 4.90 Å². The normalized spacial score (nSPS) is 21.3. The van der Waals surface area contributed by atoms with Crippen LogP contribution in [-0.4, -0.2) is 5.91 Å². The molecule has 0 radical (unpaired) electrons. The van der Waals surface area contributed by atoms with Crippen LogP contribution >= 0.6 is 27.7 Å². The van der Waals surface area contributed by atoms with Gasteiger partial charge in [-0.05, 0) is 42.3 Å². The molecule has 4 aromatic rings. The van der Waals surface area contributed by atoms with Crippen LogP contribution in [0.4, 0.5) is 5.69 Å². The summed E-state index contributed by atoms with van der Waals surface area (Å²) in [5, 5.41) is 0.0627. The van der Waals surface area contributed by atoms with Crippen molar-refractivity contribution in [2.45, 2.75) is 29.2 Å². The van der Waals surface area contributed by atoms with Crippen molar-refractivity contribution in [2.24, 2.45) is 0 Å². The first-order chi connectivity index (χ1) is 17.6. The molecule has 2 heterocycles. The number of halogens is 1. The van der Waals surface area contributed by atoms with Crippen LogP contribution < -0.4 is 4.90 Å². The molecular formula is C31H24BrNO2S. The van der Waals surface area contributed by atoms with Crippen LogP contribution in [-0.2, 0) is 15.3 Å². The van der Waals surface area contributed by atoms with E-state index in [4.69, 9.17) is 4.74 Å². The predicted octanol–water partition coefficient (Wildman–Crippen LogP) is 8.33. The molecule has 0 aromatic heterocycles. The molecule has 178 valence electrons. The monoisotopic (exact) mass is 553 g/mol. The molecule has 2 aliphatic rings. The molecule has 2 aliphatic heterocycles. The van der Waals surface area contributed by atoms with Crippen molar-refractivity contribution in [3.63, 3.8) is 0 Å². The Labute approximate surface area is 223 Å². The number of allylic oxidation sites excluding steroid dienone is 1. The van der Waals surface area contributed by atoms with E-state index in [0.29, 0.717) is 17.8 Å². The van der Waals surface area contributed by atoms with Crippen molar-refractivity contribution in [1.29, 1.82) is 0 Å². The fourth-order valence-corrected chi connectivity index (χ4v) is 6.98. The highest BCUT2D eigenvalue weighted by Gasteiger charge is 2.53. The summed E-state index contributed by atoms with van der Waals surface area (Å²) in [7, 11) is 0. The zero-order valence-electron chi connectivity index (χ0n) is 19.7. The van der Waals surface area contributed by atoms with Gasteiger partial charge in [-0.25, -0.2) is 0 Å². The second-order valence-corrected chi connectivity index (χ2v) is 11.2. The van der Waals surface area contributed by atoms with Gasteiger partial charge >= 0.3 is 0 Å². The zero-order chi connectivity index (χ0) is 24.7. The fraction of sp³-hybridized carbons (Fsp3) is 0.129. The van der Waals surface area contributed by atoms with Crippen molar-refractivity contribution >= 4 is 44.9 Å². The SMILES string of the molecule is CC1=C(c2ccccc2)C(=O)N2c3ccccc3SC(c3cccc(Br)c3)CC2(c2ccccc2)O1. The molecule has 0 fully saturated rings. The van der Waals surface area contributed by atoms with E-state index < -0.39 is 5.72 Å². The first-order valence-electron chi connectivity index (χ1n) is 11.9. The lowest BCUT2D eigenvalue weighted by Crippen LogP contribution is -2.55. The van der Waals surface area contributed by atoms with Crippen molar-refractivity contribution in [3.05, 3.63) is 136 Å². The first kappa shape index (κ1) is 23.1. The molecule has 0 N–H and O–H groups in total. The van der Waals surface area contributed by atoms with Crippen LogP contribution in [0, 0.1) is 0 Å². The van der Waals surface area contributed by atoms with E-state index in [1.54, 1.807) is 11.8 Å². The maximum Gasteiger partial charge on any atom is 0.265 e. The van der Waals surface area contributed by atoms with E-state index in [0.717, 1.165) is 26.2 Å². The fourth-order valence-electron chi connectivity index (χ4n) is 5.23. The Kier molecular flexibility index (Phi) is 5.98. The molecule has 2 atom stereocenters. The van der Waals surface area contributed by atoms with Gasteiger partial charge in [-0.3, -0.25) is 9.69 Å². The number of carbonyl (C=O) groups is 1. The number of anilines is 1. The van der Waals surface area contributed by atoms with E-state index >= 15 is 0 Å². The number of thioether (sulfide) groups is 1. The van der Waals surface area contributed by atoms with E-state index in [-0.39, 0.29) is 11.2 Å². The van der Waals surface area contributed by atoms with E-state index in [9.17, 15) is 4.79 Å². The predicted molar refractivity (Wildman–Crippen MR) is 150 cm³/mol. The minimum Gasteiger partial charge on any atom is -0.467 e. The molecule has 6 rings (SSSR count). The third-order valence-electron chi connectivity index (χ3n) is 6.80. The molecule has 5 heteroatoms. The standard InChI is InChI=1S/C31H24BrNO2S/c1-21-29(22-11-4-2-5-12-22)30(34)33-26-17-8-9-18-27(26)36-28(23-13-10-16-25(32)19-23)20-31(33,35-21)24-14-6-3-7-15-24/h2-19,28H,20H2,1H3. The van der Waals surface area contributed by atoms with Gasteiger partial charge in [0.05, 0.1) is 11.3 Å². The Hall–Kier alpha value is -3.28. The third-order valence-corrected chi connectivity index (χ3v) is 8.61. The zero-order valence-corrected chi connectivity index (χ0v) is 22.1. The molecule has 0 saturated heterocycles. The van der Waals surface area contributed by atoms with Crippen molar-refractivity contribution < 1.29 is 9.53 Å². The molecule has 0 saturated carbocycles. The summed E-state index contributed by atoms with van der Waals surface area (Å²) in [4.78, 5) is 17.5. The quantitative estimate of drug-likeness (QED) is 0.255. The van der Waals surface area contributed by atoms with Gasteiger partial charge in [0.25, 0.3) is 5.91 Å². The van der Waals surface area contributed by atoms with Crippen LogP contribution in [0.1, 0.15) is 35.3 Å². The topological polar surface area (TPSA) is 29.5 Å². The van der Waals surface area contributed by atoms with Crippen LogP contribution in [0.5, 0.6) is 0 Å². The second kappa shape index (κ2) is 9.30. The summed E-state index contributed by atoms with van der Waals surface area (Å²) in [6.45, 7) is 1.92. The number of carbonyl (C=O) groups excluding carboxylic acids is 1. The van der Waals surface area contributed by atoms with E-state index in [1.807, 2.05) is 84.6 Å². The minimum absolute atomic E-state index is 0.0447. The first-order valence-corrected chi connectivity index (χ1v) is 13.6. The molecular weight excluding hydrogens is 530 g/mol. The van der Waals surface area contributed by atoms with Crippen LogP contribution in [0.15, 0.2) is 124 Å². The number of fused-ring (bicyclic) bond motifs is 3. The lowest BCUT2D eigenvalue weighted by atomic mass is 9.89. The van der Waals surface area contributed by atoms with Gasteiger partial charge < -0.3 is 4.74 Å². The van der Waals surface area contributed by atoms with Gasteiger partial charge in [0, 0.05) is 26.6 Å². The van der Waals surface area contributed by atoms with E-state index in [1.165, 1.54) is 5.56 Å². The van der Waals surface area contributed by atoms with Crippen LogP contribution in [0.25, 0.3) is 5.57 Å². The lowest BCUT2D eigenvalue weighted by Gasteiger charge is -2.47. The summed E-state index contributed by atoms with van der Waals surface area (Å²) in [5.41, 5.74) is 3.49. The highest BCUT2D eigenvalue weighted by atomic mass is 79.9. The maximum absolute atomic E-state index is 14.5. The van der Waals surface area contributed by atoms with Gasteiger partial charge in [0.1, 0.15) is 5.76 Å². The average molecular weight is 555 g/mol. The Balaban J connectivity index is 1.62. The molecule has 36 heavy (non-hydrogen) atoms. The molecule has 0 spiro atoms. The Morgan fingerprint density at radius 3 is 2.33 bits per heavy atom. The maximum atomic E-state index is 14.5. The number of hydrogen-bond acceptors (Lipinski definition) is 3. The molecule has 0 bridgehead atoms. The van der Waals surface area contributed by atoms with E-state index in [2.05, 4.69) is 52.3 Å². The van der Waals surface area contributed by atoms with Crippen LogP contribution in [0.2, 0.25) is 0 Å². The highest BCUT2D eigenvalue weighted by molar-refractivity contribution is 9.10. The molecule has 0 aliphatic carbocycles. The van der Waals surface area contributed by atoms with Crippen molar-refractivity contribution in [1.82, 2.24) is 0 Å². The van der Waals surface area contributed by atoms with Gasteiger partial charge in [-0.15, -0.1) is 11.8 Å². The highest BCUT2D eigenvalue weighted by Crippen LogP contribution is 2.57. The summed E-state index contributed by atoms with van der Waals surface area (Å²) >= 11 is 5.43. The molecule has 3 nitrogen and oxygen atoms in total. The number of amides is 1. The van der Waals surface area contributed by atoms with Crippen molar-refractivity contribution in [3.8, 4) is 0 Å². The number of hydrogen-bond donors (Lipinski definition) is 0. The lowest BCUT2D eigenvalue weighted by molar-refractivity contribution is -0.123. The van der Waals surface area contributed by atoms with Crippen LogP contribution in [0.3, 0.4) is 0 Å². The number of ether oxygens (including phenoxy) is 1.